The standard InChI is InChI=1S/C13H13N3O3/c17-9-5-7-15(8-9)12-4-3-11(16(18)19)10-2-1-6-14-13(10)12/h1-4,6,9,17H,5,7-8H2. The predicted octanol–water partition coefficient (Wildman–Crippen LogP) is 1.71. The number of β-amino-alcohol motifs (C(OH)–C–C–N with tert-alkyl or cyclic N) is 1. The zero-order valence-electron chi connectivity index (χ0n) is 10.2. The third-order valence-corrected chi connectivity index (χ3v) is 3.43. The number of nitrogens with zero attached hydrogens (tertiary/aromatic N) is 3. The Labute approximate surface area is 109 Å². The van der Waals surface area contributed by atoms with Crippen LogP contribution >= 0.6 is 0 Å². The molecule has 0 saturated carbocycles. The topological polar surface area (TPSA) is 79.5 Å². The van der Waals surface area contributed by atoms with E-state index in [0.717, 1.165) is 12.2 Å². The minimum absolute atomic E-state index is 0.0617. The van der Waals surface area contributed by atoms with Gasteiger partial charge in [-0.1, -0.05) is 0 Å². The zero-order valence-corrected chi connectivity index (χ0v) is 10.2. The number of benzene rings is 1. The molecule has 2 heterocycles. The Hall–Kier alpha value is -2.21. The molecule has 0 bridgehead atoms. The number of nitro benzene ring substituents is 1. The summed E-state index contributed by atoms with van der Waals surface area (Å²) in [4.78, 5) is 16.9. The fourth-order valence-corrected chi connectivity index (χ4v) is 2.52. The molecule has 3 rings (SSSR count). The number of pyridine rings is 1. The van der Waals surface area contributed by atoms with Gasteiger partial charge in [-0.3, -0.25) is 15.1 Å². The maximum atomic E-state index is 11.0. The highest BCUT2D eigenvalue weighted by molar-refractivity contribution is 5.97. The van der Waals surface area contributed by atoms with Gasteiger partial charge in [0.05, 0.1) is 22.1 Å². The number of non-ortho nitro benzene ring substituents is 1. The van der Waals surface area contributed by atoms with Crippen molar-refractivity contribution in [1.82, 2.24) is 4.98 Å². The van der Waals surface area contributed by atoms with Crippen LogP contribution in [0.1, 0.15) is 6.42 Å². The van der Waals surface area contributed by atoms with Gasteiger partial charge in [-0.05, 0) is 24.6 Å². The SMILES string of the molecule is O=[N+]([O-])c1ccc(N2CCC(O)C2)c2ncccc12. The molecule has 1 saturated heterocycles. The first-order valence-corrected chi connectivity index (χ1v) is 6.12. The van der Waals surface area contributed by atoms with E-state index < -0.39 is 4.92 Å². The van der Waals surface area contributed by atoms with Gasteiger partial charge < -0.3 is 10.0 Å². The molecule has 1 unspecified atom stereocenters. The first-order chi connectivity index (χ1) is 9.16. The average Bonchev–Trinajstić information content (AvgIpc) is 2.83. The Morgan fingerprint density at radius 1 is 1.42 bits per heavy atom. The number of anilines is 1. The summed E-state index contributed by atoms with van der Waals surface area (Å²) >= 11 is 0. The summed E-state index contributed by atoms with van der Waals surface area (Å²) in [6.45, 7) is 1.29. The maximum absolute atomic E-state index is 11.0. The number of aliphatic hydroxyl groups excluding tert-OH is 1. The summed E-state index contributed by atoms with van der Waals surface area (Å²) in [5, 5.41) is 21.2. The Morgan fingerprint density at radius 2 is 2.26 bits per heavy atom. The molecular formula is C13H13N3O3. The van der Waals surface area contributed by atoms with Crippen molar-refractivity contribution in [2.75, 3.05) is 18.0 Å². The van der Waals surface area contributed by atoms with Crippen LogP contribution in [0, 0.1) is 10.1 Å². The number of hydrogen-bond acceptors (Lipinski definition) is 5. The zero-order chi connectivity index (χ0) is 13.4. The van der Waals surface area contributed by atoms with Crippen molar-refractivity contribution in [3.63, 3.8) is 0 Å². The van der Waals surface area contributed by atoms with E-state index in [4.69, 9.17) is 0 Å². The van der Waals surface area contributed by atoms with Crippen LogP contribution in [-0.4, -0.2) is 34.2 Å². The normalized spacial score (nSPS) is 19.0. The van der Waals surface area contributed by atoms with Crippen molar-refractivity contribution in [2.24, 2.45) is 0 Å². The Kier molecular flexibility index (Phi) is 2.79. The Balaban J connectivity index is 2.17. The highest BCUT2D eigenvalue weighted by Gasteiger charge is 2.24. The molecule has 1 aromatic heterocycles. The van der Waals surface area contributed by atoms with Gasteiger partial charge in [-0.2, -0.15) is 0 Å². The van der Waals surface area contributed by atoms with Gasteiger partial charge in [0.1, 0.15) is 5.52 Å². The van der Waals surface area contributed by atoms with Gasteiger partial charge in [0.15, 0.2) is 0 Å². The van der Waals surface area contributed by atoms with Crippen LogP contribution in [0.3, 0.4) is 0 Å². The molecule has 98 valence electrons. The number of hydrogen-bond donors (Lipinski definition) is 1. The molecule has 1 aliphatic heterocycles. The van der Waals surface area contributed by atoms with Crippen LogP contribution in [0.2, 0.25) is 0 Å². The Morgan fingerprint density at radius 3 is 2.95 bits per heavy atom. The molecule has 19 heavy (non-hydrogen) atoms. The van der Waals surface area contributed by atoms with E-state index in [1.807, 2.05) is 4.90 Å². The smallest absolute Gasteiger partial charge is 0.278 e. The lowest BCUT2D eigenvalue weighted by molar-refractivity contribution is -0.383. The molecule has 1 atom stereocenters. The van der Waals surface area contributed by atoms with Crippen LogP contribution in [0.5, 0.6) is 0 Å². The summed E-state index contributed by atoms with van der Waals surface area (Å²) in [6.07, 6.45) is 2.00. The van der Waals surface area contributed by atoms with Crippen LogP contribution in [-0.2, 0) is 0 Å². The van der Waals surface area contributed by atoms with E-state index in [0.29, 0.717) is 23.9 Å². The van der Waals surface area contributed by atoms with Crippen molar-refractivity contribution < 1.29 is 10.0 Å². The molecule has 0 aliphatic carbocycles. The summed E-state index contributed by atoms with van der Waals surface area (Å²) in [6, 6.07) is 6.62. The summed E-state index contributed by atoms with van der Waals surface area (Å²) in [5.74, 6) is 0. The largest absolute Gasteiger partial charge is 0.391 e. The van der Waals surface area contributed by atoms with Crippen molar-refractivity contribution >= 4 is 22.3 Å². The van der Waals surface area contributed by atoms with Gasteiger partial charge >= 0.3 is 0 Å². The third-order valence-electron chi connectivity index (χ3n) is 3.43. The summed E-state index contributed by atoms with van der Waals surface area (Å²) in [7, 11) is 0. The van der Waals surface area contributed by atoms with E-state index in [-0.39, 0.29) is 11.8 Å². The minimum atomic E-state index is -0.396. The molecular weight excluding hydrogens is 246 g/mol. The van der Waals surface area contributed by atoms with Gasteiger partial charge in [0, 0.05) is 25.4 Å². The molecule has 0 radical (unpaired) electrons. The highest BCUT2D eigenvalue weighted by atomic mass is 16.6. The molecule has 1 fully saturated rings. The minimum Gasteiger partial charge on any atom is -0.391 e. The van der Waals surface area contributed by atoms with E-state index >= 15 is 0 Å². The Bertz CT molecular complexity index is 644. The van der Waals surface area contributed by atoms with Crippen molar-refractivity contribution in [3.8, 4) is 0 Å². The van der Waals surface area contributed by atoms with Crippen molar-refractivity contribution in [1.29, 1.82) is 0 Å². The van der Waals surface area contributed by atoms with Crippen molar-refractivity contribution in [3.05, 3.63) is 40.6 Å². The van der Waals surface area contributed by atoms with E-state index in [2.05, 4.69) is 4.98 Å². The fraction of sp³-hybridized carbons (Fsp3) is 0.308. The first-order valence-electron chi connectivity index (χ1n) is 6.12. The molecule has 0 amide bonds. The lowest BCUT2D eigenvalue weighted by atomic mass is 10.1. The number of fused-ring (bicyclic) bond motifs is 1. The lowest BCUT2D eigenvalue weighted by Crippen LogP contribution is -2.21. The maximum Gasteiger partial charge on any atom is 0.278 e. The van der Waals surface area contributed by atoms with E-state index in [1.54, 1.807) is 24.4 Å². The predicted molar refractivity (Wildman–Crippen MR) is 71.2 cm³/mol. The monoisotopic (exact) mass is 259 g/mol. The average molecular weight is 259 g/mol. The van der Waals surface area contributed by atoms with Gasteiger partial charge in [0.25, 0.3) is 5.69 Å². The lowest BCUT2D eigenvalue weighted by Gasteiger charge is -2.19. The van der Waals surface area contributed by atoms with E-state index in [9.17, 15) is 15.2 Å². The molecule has 1 N–H and O–H groups in total. The van der Waals surface area contributed by atoms with Crippen LogP contribution in [0.25, 0.3) is 10.9 Å². The summed E-state index contributed by atoms with van der Waals surface area (Å²) in [5.41, 5.74) is 1.52. The number of aromatic nitrogens is 1. The molecule has 6 nitrogen and oxygen atoms in total. The molecule has 1 aliphatic rings. The van der Waals surface area contributed by atoms with Crippen LogP contribution < -0.4 is 4.90 Å². The van der Waals surface area contributed by atoms with Crippen molar-refractivity contribution in [2.45, 2.75) is 12.5 Å². The molecule has 2 aromatic rings. The summed E-state index contributed by atoms with van der Waals surface area (Å²) < 4.78 is 0. The van der Waals surface area contributed by atoms with E-state index in [1.165, 1.54) is 6.07 Å². The molecule has 0 spiro atoms. The third kappa shape index (κ3) is 2.00. The highest BCUT2D eigenvalue weighted by Crippen LogP contribution is 2.33. The number of aliphatic hydroxyl groups is 1. The van der Waals surface area contributed by atoms with Gasteiger partial charge in [0.2, 0.25) is 0 Å². The number of rotatable bonds is 2. The van der Waals surface area contributed by atoms with Crippen LogP contribution in [0.15, 0.2) is 30.5 Å². The quantitative estimate of drug-likeness (QED) is 0.656. The second-order valence-electron chi connectivity index (χ2n) is 4.65. The fourth-order valence-electron chi connectivity index (χ4n) is 2.52. The van der Waals surface area contributed by atoms with Gasteiger partial charge in [-0.15, -0.1) is 0 Å². The second-order valence-corrected chi connectivity index (χ2v) is 4.65. The van der Waals surface area contributed by atoms with Gasteiger partial charge in [-0.25, -0.2) is 0 Å². The molecule has 1 aromatic carbocycles. The second kappa shape index (κ2) is 4.47. The first kappa shape index (κ1) is 11.9. The number of nitro groups is 1. The molecule has 6 heteroatoms. The van der Waals surface area contributed by atoms with Crippen LogP contribution in [0.4, 0.5) is 11.4 Å².